The topological polar surface area (TPSA) is 43.1 Å². The summed E-state index contributed by atoms with van der Waals surface area (Å²) < 4.78 is 0. The van der Waals surface area contributed by atoms with E-state index in [9.17, 15) is 4.79 Å². The molecule has 0 atom stereocenters. The Hall–Kier alpha value is -1.31. The fourth-order valence-electron chi connectivity index (χ4n) is 1.18. The summed E-state index contributed by atoms with van der Waals surface area (Å²) >= 11 is 0. The van der Waals surface area contributed by atoms with Gasteiger partial charge in [-0.05, 0) is 49.6 Å². The third kappa shape index (κ3) is 1.47. The lowest BCUT2D eigenvalue weighted by Crippen LogP contribution is -2.11. The minimum Gasteiger partial charge on any atom is -0.366 e. The maximum atomic E-state index is 10.8. The highest BCUT2D eigenvalue weighted by atomic mass is 16.1. The number of primary amides is 1. The van der Waals surface area contributed by atoms with E-state index in [-0.39, 0.29) is 5.91 Å². The Morgan fingerprint density at radius 3 is 1.92 bits per heavy atom. The highest BCUT2D eigenvalue weighted by Gasteiger charge is 2.04. The Balaban J connectivity index is 3.31. The molecule has 1 aromatic carbocycles. The van der Waals surface area contributed by atoms with Crippen molar-refractivity contribution in [2.24, 2.45) is 5.73 Å². The Morgan fingerprint density at radius 1 is 1.17 bits per heavy atom. The van der Waals surface area contributed by atoms with Gasteiger partial charge in [-0.25, -0.2) is 0 Å². The number of rotatable bonds is 1. The zero-order valence-corrected chi connectivity index (χ0v) is 7.64. The lowest BCUT2D eigenvalue weighted by Gasteiger charge is -2.05. The summed E-state index contributed by atoms with van der Waals surface area (Å²) in [5.41, 5.74) is 9.21. The third-order valence-corrected chi connectivity index (χ3v) is 2.21. The molecule has 0 radical (unpaired) electrons. The molecule has 1 aromatic rings. The summed E-state index contributed by atoms with van der Waals surface area (Å²) in [4.78, 5) is 10.8. The molecule has 0 saturated carbocycles. The molecule has 0 saturated heterocycles. The van der Waals surface area contributed by atoms with E-state index < -0.39 is 0 Å². The van der Waals surface area contributed by atoms with Crippen LogP contribution in [0.15, 0.2) is 12.1 Å². The van der Waals surface area contributed by atoms with Crippen LogP contribution in [0.2, 0.25) is 0 Å². The summed E-state index contributed by atoms with van der Waals surface area (Å²) in [6.07, 6.45) is 0. The van der Waals surface area contributed by atoms with Crippen molar-refractivity contribution in [3.05, 3.63) is 34.4 Å². The highest BCUT2D eigenvalue weighted by molar-refractivity contribution is 5.93. The van der Waals surface area contributed by atoms with Crippen LogP contribution in [0.4, 0.5) is 0 Å². The molecule has 12 heavy (non-hydrogen) atoms. The van der Waals surface area contributed by atoms with Crippen LogP contribution in [0.25, 0.3) is 0 Å². The first-order valence-electron chi connectivity index (χ1n) is 3.90. The van der Waals surface area contributed by atoms with Gasteiger partial charge in [-0.1, -0.05) is 0 Å². The summed E-state index contributed by atoms with van der Waals surface area (Å²) in [7, 11) is 0. The average molecular weight is 163 g/mol. The molecular formula is C10H13NO. The molecule has 64 valence electrons. The molecular weight excluding hydrogens is 150 g/mol. The maximum absolute atomic E-state index is 10.8. The Labute approximate surface area is 72.4 Å². The molecule has 0 aliphatic heterocycles. The van der Waals surface area contributed by atoms with E-state index in [2.05, 4.69) is 0 Å². The molecule has 2 N–H and O–H groups in total. The van der Waals surface area contributed by atoms with Crippen LogP contribution in [-0.2, 0) is 0 Å². The predicted octanol–water partition coefficient (Wildman–Crippen LogP) is 1.71. The van der Waals surface area contributed by atoms with E-state index in [4.69, 9.17) is 5.73 Å². The summed E-state index contributed by atoms with van der Waals surface area (Å²) in [5.74, 6) is -0.360. The van der Waals surface area contributed by atoms with Gasteiger partial charge in [0.15, 0.2) is 0 Å². The molecule has 0 fully saturated rings. The number of amides is 1. The summed E-state index contributed by atoms with van der Waals surface area (Å²) in [6.45, 7) is 6.00. The van der Waals surface area contributed by atoms with Crippen LogP contribution in [0, 0.1) is 20.8 Å². The van der Waals surface area contributed by atoms with Gasteiger partial charge in [0.05, 0.1) is 0 Å². The molecule has 1 rings (SSSR count). The number of benzene rings is 1. The van der Waals surface area contributed by atoms with Crippen LogP contribution in [0.3, 0.4) is 0 Å². The maximum Gasteiger partial charge on any atom is 0.248 e. The SMILES string of the molecule is Cc1cc(C(N)=O)cc(C)c1C. The van der Waals surface area contributed by atoms with Crippen LogP contribution in [0.1, 0.15) is 27.0 Å². The zero-order chi connectivity index (χ0) is 9.30. The van der Waals surface area contributed by atoms with Crippen molar-refractivity contribution in [1.82, 2.24) is 0 Å². The van der Waals surface area contributed by atoms with Gasteiger partial charge in [-0.3, -0.25) is 4.79 Å². The van der Waals surface area contributed by atoms with Gasteiger partial charge in [-0.2, -0.15) is 0 Å². The van der Waals surface area contributed by atoms with Crippen molar-refractivity contribution in [1.29, 1.82) is 0 Å². The van der Waals surface area contributed by atoms with Crippen molar-refractivity contribution >= 4 is 5.91 Å². The molecule has 1 amide bonds. The van der Waals surface area contributed by atoms with E-state index in [1.54, 1.807) is 0 Å². The molecule has 2 heteroatoms. The molecule has 0 unspecified atom stereocenters. The Morgan fingerprint density at radius 2 is 1.58 bits per heavy atom. The fraction of sp³-hybridized carbons (Fsp3) is 0.300. The van der Waals surface area contributed by atoms with Gasteiger partial charge < -0.3 is 5.73 Å². The lowest BCUT2D eigenvalue weighted by atomic mass is 10.0. The largest absolute Gasteiger partial charge is 0.366 e. The van der Waals surface area contributed by atoms with Crippen LogP contribution in [0.5, 0.6) is 0 Å². The van der Waals surface area contributed by atoms with E-state index in [0.717, 1.165) is 11.1 Å². The van der Waals surface area contributed by atoms with Gasteiger partial charge in [0, 0.05) is 5.56 Å². The number of carbonyl (C=O) groups is 1. The number of nitrogens with two attached hydrogens (primary N) is 1. The minimum absolute atomic E-state index is 0.360. The van der Waals surface area contributed by atoms with Crippen LogP contribution < -0.4 is 5.73 Å². The Kier molecular flexibility index (Phi) is 2.18. The fourth-order valence-corrected chi connectivity index (χ4v) is 1.18. The first-order valence-corrected chi connectivity index (χ1v) is 3.90. The van der Waals surface area contributed by atoms with E-state index in [1.807, 2.05) is 32.9 Å². The molecule has 0 heterocycles. The molecule has 2 nitrogen and oxygen atoms in total. The smallest absolute Gasteiger partial charge is 0.248 e. The number of hydrogen-bond acceptors (Lipinski definition) is 1. The second-order valence-corrected chi connectivity index (χ2v) is 3.10. The number of hydrogen-bond donors (Lipinski definition) is 1. The summed E-state index contributed by atoms with van der Waals surface area (Å²) in [5, 5.41) is 0. The predicted molar refractivity (Wildman–Crippen MR) is 49.2 cm³/mol. The van der Waals surface area contributed by atoms with Crippen molar-refractivity contribution < 1.29 is 4.79 Å². The van der Waals surface area contributed by atoms with E-state index in [1.165, 1.54) is 5.56 Å². The van der Waals surface area contributed by atoms with Crippen molar-refractivity contribution in [2.75, 3.05) is 0 Å². The van der Waals surface area contributed by atoms with Gasteiger partial charge in [0.1, 0.15) is 0 Å². The monoisotopic (exact) mass is 163 g/mol. The van der Waals surface area contributed by atoms with E-state index >= 15 is 0 Å². The minimum atomic E-state index is -0.360. The standard InChI is InChI=1S/C10H13NO/c1-6-4-9(10(11)12)5-7(2)8(6)3/h4-5H,1-3H3,(H2,11,12). The highest BCUT2D eigenvalue weighted by Crippen LogP contribution is 2.14. The molecule has 0 aliphatic carbocycles. The zero-order valence-electron chi connectivity index (χ0n) is 7.64. The van der Waals surface area contributed by atoms with Gasteiger partial charge in [0.2, 0.25) is 5.91 Å². The number of aryl methyl sites for hydroxylation is 2. The average Bonchev–Trinajstić information content (AvgIpc) is 1.99. The lowest BCUT2D eigenvalue weighted by molar-refractivity contribution is 0.1000. The second kappa shape index (κ2) is 2.97. The second-order valence-electron chi connectivity index (χ2n) is 3.10. The first kappa shape index (κ1) is 8.78. The molecule has 0 spiro atoms. The number of carbonyl (C=O) groups excluding carboxylic acids is 1. The Bertz CT molecular complexity index is 306. The first-order chi connectivity index (χ1) is 5.52. The van der Waals surface area contributed by atoms with Crippen molar-refractivity contribution in [3.8, 4) is 0 Å². The molecule has 0 bridgehead atoms. The quantitative estimate of drug-likeness (QED) is 0.673. The van der Waals surface area contributed by atoms with E-state index in [0.29, 0.717) is 5.56 Å². The third-order valence-electron chi connectivity index (χ3n) is 2.21. The van der Waals surface area contributed by atoms with Crippen molar-refractivity contribution in [3.63, 3.8) is 0 Å². The van der Waals surface area contributed by atoms with Gasteiger partial charge in [-0.15, -0.1) is 0 Å². The van der Waals surface area contributed by atoms with Crippen LogP contribution >= 0.6 is 0 Å². The van der Waals surface area contributed by atoms with Gasteiger partial charge >= 0.3 is 0 Å². The normalized spacial score (nSPS) is 9.92. The molecule has 0 aliphatic rings. The van der Waals surface area contributed by atoms with Crippen LogP contribution in [-0.4, -0.2) is 5.91 Å². The summed E-state index contributed by atoms with van der Waals surface area (Å²) in [6, 6.07) is 3.65. The van der Waals surface area contributed by atoms with Gasteiger partial charge in [0.25, 0.3) is 0 Å². The molecule has 0 aromatic heterocycles. The van der Waals surface area contributed by atoms with Crippen molar-refractivity contribution in [2.45, 2.75) is 20.8 Å².